The van der Waals surface area contributed by atoms with Crippen LogP contribution >= 0.6 is 23.2 Å². The number of piperidine rings is 1. The normalized spacial score (nSPS) is 15.4. The smallest absolute Gasteiger partial charge is 0.253 e. The Morgan fingerprint density at radius 3 is 2.56 bits per heavy atom. The number of rotatable bonds is 4. The maximum atomic E-state index is 12.5. The fourth-order valence-electron chi connectivity index (χ4n) is 2.92. The highest BCUT2D eigenvalue weighted by atomic mass is 35.5. The zero-order chi connectivity index (χ0) is 17.8. The molecule has 1 saturated heterocycles. The van der Waals surface area contributed by atoms with Crippen LogP contribution in [0.5, 0.6) is 0 Å². The number of likely N-dealkylation sites (tertiary alicyclic amines) is 1. The SMILES string of the molecule is Nc1cccc(C(=O)N2CCC(OCc3ccc(Cl)c(Cl)c3)CC2)c1. The Kier molecular flexibility index (Phi) is 5.84. The number of hydrogen-bond acceptors (Lipinski definition) is 3. The van der Waals surface area contributed by atoms with Crippen LogP contribution in [0.4, 0.5) is 5.69 Å². The van der Waals surface area contributed by atoms with E-state index in [-0.39, 0.29) is 12.0 Å². The molecule has 1 heterocycles. The fourth-order valence-corrected chi connectivity index (χ4v) is 3.24. The number of anilines is 1. The quantitative estimate of drug-likeness (QED) is 0.802. The summed E-state index contributed by atoms with van der Waals surface area (Å²) in [7, 11) is 0. The molecule has 0 radical (unpaired) electrons. The first kappa shape index (κ1) is 18.1. The minimum absolute atomic E-state index is 0.0234. The third-order valence-electron chi connectivity index (χ3n) is 4.33. The number of hydrogen-bond donors (Lipinski definition) is 1. The topological polar surface area (TPSA) is 55.6 Å². The Hall–Kier alpha value is -1.75. The summed E-state index contributed by atoms with van der Waals surface area (Å²) < 4.78 is 5.96. The number of nitrogen functional groups attached to an aromatic ring is 1. The van der Waals surface area contributed by atoms with Crippen LogP contribution in [-0.2, 0) is 11.3 Å². The summed E-state index contributed by atoms with van der Waals surface area (Å²) in [6.07, 6.45) is 1.77. The van der Waals surface area contributed by atoms with Gasteiger partial charge in [-0.05, 0) is 48.7 Å². The van der Waals surface area contributed by atoms with Gasteiger partial charge >= 0.3 is 0 Å². The molecule has 25 heavy (non-hydrogen) atoms. The van der Waals surface area contributed by atoms with E-state index < -0.39 is 0 Å². The van der Waals surface area contributed by atoms with E-state index in [2.05, 4.69) is 0 Å². The van der Waals surface area contributed by atoms with Gasteiger partial charge in [0.1, 0.15) is 0 Å². The van der Waals surface area contributed by atoms with Crippen molar-refractivity contribution < 1.29 is 9.53 Å². The van der Waals surface area contributed by atoms with E-state index in [1.54, 1.807) is 30.3 Å². The van der Waals surface area contributed by atoms with Crippen LogP contribution in [0.3, 0.4) is 0 Å². The lowest BCUT2D eigenvalue weighted by Gasteiger charge is -2.32. The average Bonchev–Trinajstić information content (AvgIpc) is 2.62. The lowest BCUT2D eigenvalue weighted by Crippen LogP contribution is -2.40. The molecule has 0 aliphatic carbocycles. The van der Waals surface area contributed by atoms with Crippen molar-refractivity contribution in [3.05, 3.63) is 63.6 Å². The summed E-state index contributed by atoms with van der Waals surface area (Å²) in [5, 5.41) is 1.07. The van der Waals surface area contributed by atoms with Crippen molar-refractivity contribution in [2.45, 2.75) is 25.6 Å². The zero-order valence-electron chi connectivity index (χ0n) is 13.8. The van der Waals surface area contributed by atoms with Crippen molar-refractivity contribution in [1.29, 1.82) is 0 Å². The van der Waals surface area contributed by atoms with Gasteiger partial charge in [0.2, 0.25) is 0 Å². The van der Waals surface area contributed by atoms with Crippen LogP contribution in [0.2, 0.25) is 10.0 Å². The van der Waals surface area contributed by atoms with Gasteiger partial charge in [-0.1, -0.05) is 35.3 Å². The first-order chi connectivity index (χ1) is 12.0. The fraction of sp³-hybridized carbons (Fsp3) is 0.316. The van der Waals surface area contributed by atoms with Gasteiger partial charge in [0.05, 0.1) is 22.8 Å². The van der Waals surface area contributed by atoms with E-state index in [9.17, 15) is 4.79 Å². The van der Waals surface area contributed by atoms with E-state index >= 15 is 0 Å². The van der Waals surface area contributed by atoms with Gasteiger partial charge in [-0.25, -0.2) is 0 Å². The molecule has 0 unspecified atom stereocenters. The minimum atomic E-state index is 0.0234. The number of nitrogens with two attached hydrogens (primary N) is 1. The van der Waals surface area contributed by atoms with Crippen molar-refractivity contribution in [3.63, 3.8) is 0 Å². The molecule has 4 nitrogen and oxygen atoms in total. The second-order valence-electron chi connectivity index (χ2n) is 6.18. The summed E-state index contributed by atoms with van der Waals surface area (Å²) in [5.41, 5.74) is 7.98. The van der Waals surface area contributed by atoms with E-state index in [4.69, 9.17) is 33.7 Å². The Balaban J connectivity index is 1.50. The van der Waals surface area contributed by atoms with Crippen LogP contribution in [0.25, 0.3) is 0 Å². The van der Waals surface area contributed by atoms with Gasteiger partial charge in [-0.15, -0.1) is 0 Å². The van der Waals surface area contributed by atoms with Gasteiger partial charge in [0, 0.05) is 24.3 Å². The Morgan fingerprint density at radius 1 is 1.12 bits per heavy atom. The number of carbonyl (C=O) groups excluding carboxylic acids is 1. The summed E-state index contributed by atoms with van der Waals surface area (Å²) in [4.78, 5) is 14.4. The van der Waals surface area contributed by atoms with E-state index in [1.165, 1.54) is 0 Å². The highest BCUT2D eigenvalue weighted by Gasteiger charge is 2.24. The van der Waals surface area contributed by atoms with Crippen LogP contribution < -0.4 is 5.73 Å². The molecule has 1 fully saturated rings. The molecule has 6 heteroatoms. The molecule has 0 saturated carbocycles. The number of carbonyl (C=O) groups is 1. The molecule has 2 aromatic carbocycles. The lowest BCUT2D eigenvalue weighted by atomic mass is 10.1. The minimum Gasteiger partial charge on any atom is -0.399 e. The second-order valence-corrected chi connectivity index (χ2v) is 6.99. The van der Waals surface area contributed by atoms with Crippen molar-refractivity contribution in [2.75, 3.05) is 18.8 Å². The van der Waals surface area contributed by atoms with Gasteiger partial charge < -0.3 is 15.4 Å². The first-order valence-electron chi connectivity index (χ1n) is 8.23. The standard InChI is InChI=1S/C19H20Cl2N2O2/c20-17-5-4-13(10-18(17)21)12-25-16-6-8-23(9-7-16)19(24)14-2-1-3-15(22)11-14/h1-5,10-11,16H,6-9,12,22H2. The molecule has 1 aliphatic heterocycles. The third-order valence-corrected chi connectivity index (χ3v) is 5.07. The maximum absolute atomic E-state index is 12.5. The number of halogens is 2. The molecule has 0 bridgehead atoms. The summed E-state index contributed by atoms with van der Waals surface area (Å²) in [6, 6.07) is 12.6. The van der Waals surface area contributed by atoms with Crippen LogP contribution in [0.1, 0.15) is 28.8 Å². The number of ether oxygens (including phenoxy) is 1. The lowest BCUT2D eigenvalue weighted by molar-refractivity contribution is -0.000376. The number of nitrogens with zero attached hydrogens (tertiary/aromatic N) is 1. The number of amides is 1. The van der Waals surface area contributed by atoms with E-state index in [0.717, 1.165) is 18.4 Å². The predicted molar refractivity (Wildman–Crippen MR) is 101 cm³/mol. The monoisotopic (exact) mass is 378 g/mol. The summed E-state index contributed by atoms with van der Waals surface area (Å²) >= 11 is 11.9. The molecular weight excluding hydrogens is 359 g/mol. The Bertz CT molecular complexity index is 759. The van der Waals surface area contributed by atoms with Crippen molar-refractivity contribution >= 4 is 34.8 Å². The van der Waals surface area contributed by atoms with E-state index in [1.807, 2.05) is 17.0 Å². The highest BCUT2D eigenvalue weighted by molar-refractivity contribution is 6.42. The highest BCUT2D eigenvalue weighted by Crippen LogP contribution is 2.24. The second kappa shape index (κ2) is 8.09. The van der Waals surface area contributed by atoms with Crippen molar-refractivity contribution in [2.24, 2.45) is 0 Å². The molecule has 2 N–H and O–H groups in total. The first-order valence-corrected chi connectivity index (χ1v) is 8.99. The van der Waals surface area contributed by atoms with Gasteiger partial charge in [0.25, 0.3) is 5.91 Å². The summed E-state index contributed by atoms with van der Waals surface area (Å²) in [6.45, 7) is 1.85. The molecular formula is C19H20Cl2N2O2. The average molecular weight is 379 g/mol. The third kappa shape index (κ3) is 4.66. The number of benzene rings is 2. The summed E-state index contributed by atoms with van der Waals surface area (Å²) in [5.74, 6) is 0.0234. The van der Waals surface area contributed by atoms with Gasteiger partial charge in [-0.3, -0.25) is 4.79 Å². The van der Waals surface area contributed by atoms with Gasteiger partial charge in [0.15, 0.2) is 0 Å². The van der Waals surface area contributed by atoms with Crippen LogP contribution in [-0.4, -0.2) is 30.0 Å². The van der Waals surface area contributed by atoms with E-state index in [0.29, 0.717) is 41.0 Å². The molecule has 132 valence electrons. The zero-order valence-corrected chi connectivity index (χ0v) is 15.3. The molecule has 0 spiro atoms. The molecule has 1 amide bonds. The Morgan fingerprint density at radius 2 is 1.88 bits per heavy atom. The predicted octanol–water partition coefficient (Wildman–Crippen LogP) is 4.40. The molecule has 1 aliphatic rings. The Labute approximate surface area is 157 Å². The molecule has 0 aromatic heterocycles. The van der Waals surface area contributed by atoms with Crippen molar-refractivity contribution in [3.8, 4) is 0 Å². The molecule has 3 rings (SSSR count). The largest absolute Gasteiger partial charge is 0.399 e. The van der Waals surface area contributed by atoms with Crippen LogP contribution in [0, 0.1) is 0 Å². The van der Waals surface area contributed by atoms with Crippen LogP contribution in [0.15, 0.2) is 42.5 Å². The van der Waals surface area contributed by atoms with Gasteiger partial charge in [-0.2, -0.15) is 0 Å². The maximum Gasteiger partial charge on any atom is 0.253 e. The molecule has 0 atom stereocenters. The van der Waals surface area contributed by atoms with Crippen molar-refractivity contribution in [1.82, 2.24) is 4.90 Å². The molecule has 2 aromatic rings.